The second kappa shape index (κ2) is 6.17. The second-order valence-corrected chi connectivity index (χ2v) is 4.08. The Balaban J connectivity index is 3.17. The lowest BCUT2D eigenvalue weighted by molar-refractivity contribution is -0.0457. The summed E-state index contributed by atoms with van der Waals surface area (Å²) in [6.45, 7) is 0.0618. The highest BCUT2D eigenvalue weighted by molar-refractivity contribution is 5.26. The maximum atomic E-state index is 13.6. The number of benzene rings is 1. The van der Waals surface area contributed by atoms with E-state index in [0.717, 1.165) is 12.1 Å². The molecule has 0 heterocycles. The summed E-state index contributed by atoms with van der Waals surface area (Å²) in [5.74, 6) is -4.30. The molecule has 1 atom stereocenters. The van der Waals surface area contributed by atoms with Gasteiger partial charge in [0.2, 0.25) is 0 Å². The van der Waals surface area contributed by atoms with E-state index in [9.17, 15) is 18.3 Å². The van der Waals surface area contributed by atoms with E-state index in [4.69, 9.17) is 10.5 Å². The Morgan fingerprint density at radius 3 is 2.50 bits per heavy atom. The summed E-state index contributed by atoms with van der Waals surface area (Å²) in [6.07, 6.45) is 0.498. The normalized spacial score (nSPS) is 14.6. The van der Waals surface area contributed by atoms with Gasteiger partial charge in [0.05, 0.1) is 6.61 Å². The Hall–Kier alpha value is -1.11. The Labute approximate surface area is 103 Å². The van der Waals surface area contributed by atoms with Gasteiger partial charge >= 0.3 is 0 Å². The number of nitrogens with two attached hydrogens (primary N) is 1. The molecule has 18 heavy (non-hydrogen) atoms. The van der Waals surface area contributed by atoms with Crippen molar-refractivity contribution in [2.75, 3.05) is 20.3 Å². The van der Waals surface area contributed by atoms with E-state index in [0.29, 0.717) is 6.42 Å². The minimum atomic E-state index is -1.72. The van der Waals surface area contributed by atoms with Gasteiger partial charge in [-0.3, -0.25) is 0 Å². The Kier molecular flexibility index (Phi) is 5.13. The number of hydrogen-bond donors (Lipinski definition) is 2. The van der Waals surface area contributed by atoms with Gasteiger partial charge in [0.15, 0.2) is 17.5 Å². The third-order valence-corrected chi connectivity index (χ3v) is 2.71. The predicted octanol–water partition coefficient (Wildman–Crippen LogP) is 1.68. The molecule has 0 aromatic heterocycles. The molecule has 102 valence electrons. The van der Waals surface area contributed by atoms with Gasteiger partial charge < -0.3 is 15.6 Å². The minimum Gasteiger partial charge on any atom is -0.383 e. The number of hydrogen-bond acceptors (Lipinski definition) is 3. The van der Waals surface area contributed by atoms with Gasteiger partial charge in [-0.05, 0) is 31.5 Å². The fourth-order valence-electron chi connectivity index (χ4n) is 1.80. The average Bonchev–Trinajstić information content (AvgIpc) is 2.34. The molecular formula is C12H16F3NO2. The van der Waals surface area contributed by atoms with Crippen LogP contribution in [0, 0.1) is 17.5 Å². The molecule has 0 aliphatic carbocycles. The second-order valence-electron chi connectivity index (χ2n) is 4.08. The van der Waals surface area contributed by atoms with Gasteiger partial charge in [0, 0.05) is 12.7 Å². The van der Waals surface area contributed by atoms with Crippen LogP contribution < -0.4 is 5.73 Å². The molecule has 1 aromatic rings. The molecule has 1 unspecified atom stereocenters. The average molecular weight is 263 g/mol. The van der Waals surface area contributed by atoms with E-state index in [1.165, 1.54) is 7.11 Å². The maximum Gasteiger partial charge on any atom is 0.194 e. The minimum absolute atomic E-state index is 0.0966. The van der Waals surface area contributed by atoms with Crippen LogP contribution in [-0.2, 0) is 10.3 Å². The summed E-state index contributed by atoms with van der Waals surface area (Å²) in [7, 11) is 1.32. The SMILES string of the molecule is COCC(O)(CCCN)c1ccc(F)c(F)c1F. The van der Waals surface area contributed by atoms with Crippen LogP contribution in [0.1, 0.15) is 18.4 Å². The maximum absolute atomic E-state index is 13.6. The molecule has 0 aliphatic heterocycles. The van der Waals surface area contributed by atoms with Crippen molar-refractivity contribution >= 4 is 0 Å². The lowest BCUT2D eigenvalue weighted by Gasteiger charge is -2.28. The van der Waals surface area contributed by atoms with Crippen LogP contribution in [0.2, 0.25) is 0 Å². The highest BCUT2D eigenvalue weighted by Crippen LogP contribution is 2.30. The molecule has 1 rings (SSSR count). The van der Waals surface area contributed by atoms with Gasteiger partial charge in [-0.2, -0.15) is 0 Å². The van der Waals surface area contributed by atoms with Gasteiger partial charge in [0.1, 0.15) is 5.60 Å². The van der Waals surface area contributed by atoms with Gasteiger partial charge in [-0.15, -0.1) is 0 Å². The smallest absolute Gasteiger partial charge is 0.194 e. The van der Waals surface area contributed by atoms with Crippen molar-refractivity contribution in [2.45, 2.75) is 18.4 Å². The van der Waals surface area contributed by atoms with Crippen LogP contribution in [0.3, 0.4) is 0 Å². The molecule has 0 aliphatic rings. The highest BCUT2D eigenvalue weighted by atomic mass is 19.2. The van der Waals surface area contributed by atoms with Crippen molar-refractivity contribution in [3.05, 3.63) is 35.1 Å². The summed E-state index contributed by atoms with van der Waals surface area (Å²) in [5.41, 5.74) is 3.28. The van der Waals surface area contributed by atoms with Gasteiger partial charge in [0.25, 0.3) is 0 Å². The van der Waals surface area contributed by atoms with Crippen molar-refractivity contribution < 1.29 is 23.0 Å². The van der Waals surface area contributed by atoms with Crippen LogP contribution in [0.15, 0.2) is 12.1 Å². The van der Waals surface area contributed by atoms with Crippen molar-refractivity contribution in [2.24, 2.45) is 5.73 Å². The zero-order valence-corrected chi connectivity index (χ0v) is 10.0. The van der Waals surface area contributed by atoms with Gasteiger partial charge in [-0.25, -0.2) is 13.2 Å². The summed E-state index contributed by atoms with van der Waals surface area (Å²) in [4.78, 5) is 0. The van der Waals surface area contributed by atoms with E-state index in [-0.39, 0.29) is 25.1 Å². The van der Waals surface area contributed by atoms with E-state index in [1.807, 2.05) is 0 Å². The van der Waals surface area contributed by atoms with Crippen molar-refractivity contribution in [3.63, 3.8) is 0 Å². The van der Waals surface area contributed by atoms with Crippen LogP contribution in [-0.4, -0.2) is 25.4 Å². The number of halogens is 3. The first-order valence-corrected chi connectivity index (χ1v) is 5.51. The lowest BCUT2D eigenvalue weighted by Crippen LogP contribution is -2.33. The van der Waals surface area contributed by atoms with Gasteiger partial charge in [-0.1, -0.05) is 0 Å². The molecular weight excluding hydrogens is 247 g/mol. The third kappa shape index (κ3) is 3.01. The molecule has 3 N–H and O–H groups in total. The number of rotatable bonds is 6. The Morgan fingerprint density at radius 1 is 1.28 bits per heavy atom. The fraction of sp³-hybridized carbons (Fsp3) is 0.500. The monoisotopic (exact) mass is 263 g/mol. The highest BCUT2D eigenvalue weighted by Gasteiger charge is 2.33. The van der Waals surface area contributed by atoms with Crippen molar-refractivity contribution in [3.8, 4) is 0 Å². The molecule has 0 spiro atoms. The first-order valence-electron chi connectivity index (χ1n) is 5.51. The molecule has 0 amide bonds. The van der Waals surface area contributed by atoms with Crippen LogP contribution >= 0.6 is 0 Å². The zero-order valence-electron chi connectivity index (χ0n) is 10.0. The van der Waals surface area contributed by atoms with E-state index in [1.54, 1.807) is 0 Å². The Bertz CT molecular complexity index is 415. The molecule has 1 aromatic carbocycles. The van der Waals surface area contributed by atoms with E-state index < -0.39 is 23.1 Å². The molecule has 0 radical (unpaired) electrons. The zero-order chi connectivity index (χ0) is 13.8. The predicted molar refractivity (Wildman–Crippen MR) is 60.4 cm³/mol. The molecule has 0 saturated heterocycles. The van der Waals surface area contributed by atoms with Crippen LogP contribution in [0.4, 0.5) is 13.2 Å². The number of aliphatic hydroxyl groups is 1. The molecule has 3 nitrogen and oxygen atoms in total. The van der Waals surface area contributed by atoms with Crippen molar-refractivity contribution in [1.29, 1.82) is 0 Å². The summed E-state index contributed by atoms with van der Waals surface area (Å²) in [6, 6.07) is 1.79. The number of methoxy groups -OCH3 is 1. The summed E-state index contributed by atoms with van der Waals surface area (Å²) < 4.78 is 44.5. The molecule has 0 bridgehead atoms. The van der Waals surface area contributed by atoms with Crippen LogP contribution in [0.25, 0.3) is 0 Å². The lowest BCUT2D eigenvalue weighted by atomic mass is 9.89. The van der Waals surface area contributed by atoms with Crippen molar-refractivity contribution in [1.82, 2.24) is 0 Å². The first kappa shape index (κ1) is 14.9. The quantitative estimate of drug-likeness (QED) is 0.768. The largest absolute Gasteiger partial charge is 0.383 e. The fourth-order valence-corrected chi connectivity index (χ4v) is 1.80. The Morgan fingerprint density at radius 2 is 1.94 bits per heavy atom. The molecule has 0 fully saturated rings. The number of ether oxygens (including phenoxy) is 1. The first-order chi connectivity index (χ1) is 8.46. The summed E-state index contributed by atoms with van der Waals surface area (Å²) in [5, 5.41) is 10.3. The molecule has 6 heteroatoms. The standard InChI is InChI=1S/C12H16F3NO2/c1-18-7-12(17,5-2-6-16)8-3-4-9(13)11(15)10(8)14/h3-4,17H,2,5-7,16H2,1H3. The van der Waals surface area contributed by atoms with E-state index in [2.05, 4.69) is 0 Å². The van der Waals surface area contributed by atoms with Crippen LogP contribution in [0.5, 0.6) is 0 Å². The molecule has 0 saturated carbocycles. The topological polar surface area (TPSA) is 55.5 Å². The third-order valence-electron chi connectivity index (χ3n) is 2.71. The summed E-state index contributed by atoms with van der Waals surface area (Å²) >= 11 is 0. The van der Waals surface area contributed by atoms with E-state index >= 15 is 0 Å².